The summed E-state index contributed by atoms with van der Waals surface area (Å²) in [6.45, 7) is 0. The van der Waals surface area contributed by atoms with Gasteiger partial charge in [0.15, 0.2) is 0 Å². The van der Waals surface area contributed by atoms with E-state index in [4.69, 9.17) is 0 Å². The van der Waals surface area contributed by atoms with Gasteiger partial charge in [-0.05, 0) is 5.39 Å². The van der Waals surface area contributed by atoms with Crippen LogP contribution >= 0.6 is 11.3 Å². The Morgan fingerprint density at radius 2 is 1.92 bits per heavy atom. The molecule has 0 radical (unpaired) electrons. The highest BCUT2D eigenvalue weighted by atomic mass is 32.1. The number of rotatable bonds is 0. The molecule has 0 aliphatic rings. The Kier molecular flexibility index (Phi) is 1.37. The fraction of sp³-hybridized carbons (Fsp3) is 0. The van der Waals surface area contributed by atoms with E-state index >= 15 is 0 Å². The highest BCUT2D eigenvalue weighted by molar-refractivity contribution is 7.09. The first-order valence-corrected chi connectivity index (χ1v) is 5.09. The Balaban J connectivity index is 2.65. The maximum absolute atomic E-state index is 4.38. The highest BCUT2D eigenvalue weighted by Gasteiger charge is 2.00. The maximum Gasteiger partial charge on any atom is 0.0815 e. The summed E-state index contributed by atoms with van der Waals surface area (Å²) in [6.07, 6.45) is 1.93. The van der Waals surface area contributed by atoms with Gasteiger partial charge >= 0.3 is 0 Å². The van der Waals surface area contributed by atoms with Crippen LogP contribution in [0.1, 0.15) is 0 Å². The average molecular weight is 185 g/mol. The minimum absolute atomic E-state index is 1.10. The quantitative estimate of drug-likeness (QED) is 0.522. The summed E-state index contributed by atoms with van der Waals surface area (Å²) >= 11 is 1.71. The lowest BCUT2D eigenvalue weighted by Crippen LogP contribution is -1.76. The molecular weight excluding hydrogens is 178 g/mol. The number of nitrogens with zero attached hydrogens (tertiary/aromatic N) is 1. The number of aromatic nitrogens is 1. The van der Waals surface area contributed by atoms with Gasteiger partial charge in [-0.2, -0.15) is 0 Å². The normalized spacial score (nSPS) is 11.1. The number of pyridine rings is 1. The zero-order valence-corrected chi connectivity index (χ0v) is 7.71. The van der Waals surface area contributed by atoms with Crippen molar-refractivity contribution in [3.63, 3.8) is 0 Å². The average Bonchev–Trinajstić information content (AvgIpc) is 2.65. The van der Waals surface area contributed by atoms with E-state index in [1.165, 1.54) is 16.2 Å². The second kappa shape index (κ2) is 2.54. The molecule has 0 aliphatic heterocycles. The third-order valence-corrected chi connectivity index (χ3v) is 2.97. The molecular formula is C11H7NS. The molecule has 62 valence electrons. The summed E-state index contributed by atoms with van der Waals surface area (Å²) in [4.78, 5) is 4.38. The summed E-state index contributed by atoms with van der Waals surface area (Å²) in [5.74, 6) is 0. The van der Waals surface area contributed by atoms with Crippen molar-refractivity contribution >= 4 is 33.0 Å². The predicted molar refractivity (Wildman–Crippen MR) is 57.1 cm³/mol. The standard InChI is InChI=1S/C11H7NS/c1-2-4-9-8(3-1)5-12-11-7-13-6-10(9)11/h1-7H. The molecule has 2 heteroatoms. The van der Waals surface area contributed by atoms with Crippen molar-refractivity contribution < 1.29 is 0 Å². The predicted octanol–water partition coefficient (Wildman–Crippen LogP) is 3.45. The Morgan fingerprint density at radius 1 is 1.00 bits per heavy atom. The molecule has 0 saturated carbocycles. The molecule has 0 N–H and O–H groups in total. The van der Waals surface area contributed by atoms with Crippen molar-refractivity contribution in [2.24, 2.45) is 0 Å². The molecule has 0 bridgehead atoms. The van der Waals surface area contributed by atoms with Gasteiger partial charge in [0.05, 0.1) is 5.52 Å². The lowest BCUT2D eigenvalue weighted by Gasteiger charge is -1.96. The number of thiophene rings is 1. The van der Waals surface area contributed by atoms with Gasteiger partial charge in [-0.15, -0.1) is 11.3 Å². The Hall–Kier alpha value is -1.41. The van der Waals surface area contributed by atoms with E-state index in [0.717, 1.165) is 5.52 Å². The van der Waals surface area contributed by atoms with Crippen LogP contribution in [0.15, 0.2) is 41.2 Å². The molecule has 1 aromatic carbocycles. The van der Waals surface area contributed by atoms with Crippen molar-refractivity contribution in [2.45, 2.75) is 0 Å². The Bertz CT molecular complexity index is 568. The van der Waals surface area contributed by atoms with E-state index in [2.05, 4.69) is 33.9 Å². The van der Waals surface area contributed by atoms with Gasteiger partial charge in [0.1, 0.15) is 0 Å². The third-order valence-electron chi connectivity index (χ3n) is 2.24. The van der Waals surface area contributed by atoms with E-state index in [-0.39, 0.29) is 0 Å². The molecule has 3 rings (SSSR count). The highest BCUT2D eigenvalue weighted by Crippen LogP contribution is 2.25. The van der Waals surface area contributed by atoms with Gasteiger partial charge in [0, 0.05) is 27.7 Å². The van der Waals surface area contributed by atoms with Crippen molar-refractivity contribution in [1.29, 1.82) is 0 Å². The second-order valence-corrected chi connectivity index (χ2v) is 3.76. The first-order valence-electron chi connectivity index (χ1n) is 4.15. The molecule has 0 amide bonds. The monoisotopic (exact) mass is 185 g/mol. The van der Waals surface area contributed by atoms with Crippen LogP contribution in [0.2, 0.25) is 0 Å². The molecule has 0 fully saturated rings. The summed E-state index contributed by atoms with van der Waals surface area (Å²) in [6, 6.07) is 8.35. The molecule has 3 aromatic rings. The molecule has 0 aliphatic carbocycles. The molecule has 0 atom stereocenters. The first-order chi connectivity index (χ1) is 6.45. The Labute approximate surface area is 79.7 Å². The van der Waals surface area contributed by atoms with Crippen LogP contribution in [0, 0.1) is 0 Å². The zero-order chi connectivity index (χ0) is 8.67. The number of benzene rings is 1. The fourth-order valence-corrected chi connectivity index (χ4v) is 2.35. The lowest BCUT2D eigenvalue weighted by atomic mass is 10.1. The number of hydrogen-bond donors (Lipinski definition) is 0. The summed E-state index contributed by atoms with van der Waals surface area (Å²) in [5, 5.41) is 8.03. The largest absolute Gasteiger partial charge is 0.255 e. The minimum atomic E-state index is 1.10. The molecule has 2 aromatic heterocycles. The molecule has 13 heavy (non-hydrogen) atoms. The van der Waals surface area contributed by atoms with Crippen LogP contribution in [0.3, 0.4) is 0 Å². The maximum atomic E-state index is 4.38. The molecule has 1 nitrogen and oxygen atoms in total. The summed E-state index contributed by atoms with van der Waals surface area (Å²) in [7, 11) is 0. The van der Waals surface area contributed by atoms with E-state index in [1.807, 2.05) is 12.3 Å². The molecule has 0 spiro atoms. The van der Waals surface area contributed by atoms with Crippen molar-refractivity contribution in [3.8, 4) is 0 Å². The van der Waals surface area contributed by atoms with Crippen LogP contribution in [0.25, 0.3) is 21.7 Å². The van der Waals surface area contributed by atoms with Crippen molar-refractivity contribution in [1.82, 2.24) is 4.98 Å². The van der Waals surface area contributed by atoms with E-state index in [9.17, 15) is 0 Å². The van der Waals surface area contributed by atoms with Crippen LogP contribution in [-0.4, -0.2) is 4.98 Å². The SMILES string of the molecule is c1ccc2c(c1)cnc1cscc12. The van der Waals surface area contributed by atoms with Crippen LogP contribution in [-0.2, 0) is 0 Å². The zero-order valence-electron chi connectivity index (χ0n) is 6.90. The van der Waals surface area contributed by atoms with Gasteiger partial charge in [-0.3, -0.25) is 4.98 Å². The number of fused-ring (bicyclic) bond motifs is 3. The van der Waals surface area contributed by atoms with Gasteiger partial charge < -0.3 is 0 Å². The number of hydrogen-bond acceptors (Lipinski definition) is 2. The summed E-state index contributed by atoms with van der Waals surface area (Å²) in [5.41, 5.74) is 1.10. The van der Waals surface area contributed by atoms with Crippen LogP contribution < -0.4 is 0 Å². The van der Waals surface area contributed by atoms with E-state index < -0.39 is 0 Å². The smallest absolute Gasteiger partial charge is 0.0815 e. The first kappa shape index (κ1) is 7.04. The molecule has 2 heterocycles. The van der Waals surface area contributed by atoms with Gasteiger partial charge in [0.25, 0.3) is 0 Å². The van der Waals surface area contributed by atoms with Crippen LogP contribution in [0.4, 0.5) is 0 Å². The van der Waals surface area contributed by atoms with Crippen molar-refractivity contribution in [2.75, 3.05) is 0 Å². The molecule has 0 saturated heterocycles. The van der Waals surface area contributed by atoms with Gasteiger partial charge in [-0.1, -0.05) is 24.3 Å². The summed E-state index contributed by atoms with van der Waals surface area (Å²) < 4.78 is 0. The second-order valence-electron chi connectivity index (χ2n) is 3.02. The topological polar surface area (TPSA) is 12.9 Å². The minimum Gasteiger partial charge on any atom is -0.255 e. The third kappa shape index (κ3) is 0.956. The van der Waals surface area contributed by atoms with Gasteiger partial charge in [0.2, 0.25) is 0 Å². The lowest BCUT2D eigenvalue weighted by molar-refractivity contribution is 1.46. The Morgan fingerprint density at radius 3 is 2.92 bits per heavy atom. The van der Waals surface area contributed by atoms with E-state index in [0.29, 0.717) is 0 Å². The fourth-order valence-electron chi connectivity index (χ4n) is 1.59. The van der Waals surface area contributed by atoms with Crippen molar-refractivity contribution in [3.05, 3.63) is 41.2 Å². The van der Waals surface area contributed by atoms with Crippen LogP contribution in [0.5, 0.6) is 0 Å². The van der Waals surface area contributed by atoms with Gasteiger partial charge in [-0.25, -0.2) is 0 Å². The van der Waals surface area contributed by atoms with E-state index in [1.54, 1.807) is 11.3 Å². The molecule has 0 unspecified atom stereocenters.